The molecule has 4 nitrogen and oxygen atoms in total. The van der Waals surface area contributed by atoms with Crippen molar-refractivity contribution >= 4 is 17.3 Å². The number of carbonyl (C=O) groups excluding carboxylic acids is 1. The lowest BCUT2D eigenvalue weighted by Gasteiger charge is -2.65. The zero-order chi connectivity index (χ0) is 24.7. The van der Waals surface area contributed by atoms with Gasteiger partial charge in [-0.1, -0.05) is 6.07 Å². The molecule has 2 aromatic rings. The van der Waals surface area contributed by atoms with Gasteiger partial charge in [-0.2, -0.15) is 13.2 Å². The summed E-state index contributed by atoms with van der Waals surface area (Å²) in [7, 11) is 0. The van der Waals surface area contributed by atoms with E-state index in [9.17, 15) is 22.4 Å². The second-order valence-electron chi connectivity index (χ2n) is 11.7. The highest BCUT2D eigenvalue weighted by molar-refractivity contribution is 6.00. The summed E-state index contributed by atoms with van der Waals surface area (Å²) in [4.78, 5) is 19.8. The summed E-state index contributed by atoms with van der Waals surface area (Å²) in [6.45, 7) is 0.562. The Balaban J connectivity index is 1.22. The molecule has 35 heavy (non-hydrogen) atoms. The Morgan fingerprint density at radius 3 is 2.17 bits per heavy atom. The molecule has 186 valence electrons. The second-order valence-corrected chi connectivity index (χ2v) is 11.7. The molecule has 0 atom stereocenters. The van der Waals surface area contributed by atoms with Gasteiger partial charge in [-0.3, -0.25) is 9.78 Å². The van der Waals surface area contributed by atoms with Crippen LogP contribution in [-0.4, -0.2) is 23.1 Å². The first-order valence-electron chi connectivity index (χ1n) is 12.4. The fourth-order valence-electron chi connectivity index (χ4n) is 7.25. The Bertz CT molecular complexity index is 1130. The molecule has 0 unspecified atom stereocenters. The van der Waals surface area contributed by atoms with Crippen LogP contribution < -0.4 is 10.6 Å². The first-order valence-corrected chi connectivity index (χ1v) is 12.4. The van der Waals surface area contributed by atoms with E-state index in [4.69, 9.17) is 5.73 Å². The topological polar surface area (TPSA) is 59.2 Å². The summed E-state index contributed by atoms with van der Waals surface area (Å²) in [6, 6.07) is 10.0. The van der Waals surface area contributed by atoms with E-state index in [-0.39, 0.29) is 16.7 Å². The largest absolute Gasteiger partial charge is 0.417 e. The summed E-state index contributed by atoms with van der Waals surface area (Å²) in [5, 5.41) is 0. The molecule has 2 N–H and O–H groups in total. The number of nitrogens with two attached hydrogens (primary N) is 1. The number of benzene rings is 1. The number of nitrogen functional groups attached to an aromatic ring is 1. The van der Waals surface area contributed by atoms with Gasteiger partial charge in [0, 0.05) is 35.2 Å². The quantitative estimate of drug-likeness (QED) is 0.404. The highest BCUT2D eigenvalue weighted by atomic mass is 19.4. The minimum absolute atomic E-state index is 0.00353. The van der Waals surface area contributed by atoms with Crippen molar-refractivity contribution in [3.63, 3.8) is 0 Å². The molecule has 6 aliphatic carbocycles. The van der Waals surface area contributed by atoms with Crippen molar-refractivity contribution < 1.29 is 22.4 Å². The van der Waals surface area contributed by atoms with E-state index in [2.05, 4.69) is 4.98 Å². The first kappa shape index (κ1) is 22.8. The predicted octanol–water partition coefficient (Wildman–Crippen LogP) is 6.20. The van der Waals surface area contributed by atoms with Crippen LogP contribution >= 0.6 is 0 Å². The minimum Gasteiger partial charge on any atom is -0.399 e. The summed E-state index contributed by atoms with van der Waals surface area (Å²) >= 11 is 0. The van der Waals surface area contributed by atoms with E-state index in [1.807, 2.05) is 23.1 Å². The Hall–Kier alpha value is -2.64. The van der Waals surface area contributed by atoms with E-state index < -0.39 is 22.8 Å². The van der Waals surface area contributed by atoms with Crippen molar-refractivity contribution in [3.05, 3.63) is 53.9 Å². The smallest absolute Gasteiger partial charge is 0.399 e. The number of fused-ring (bicyclic) bond motifs is 3. The molecular weight excluding hydrogens is 458 g/mol. The molecule has 6 aliphatic rings. The number of aromatic nitrogens is 1. The molecule has 0 aliphatic heterocycles. The van der Waals surface area contributed by atoms with Gasteiger partial charge in [0.2, 0.25) is 5.91 Å². The van der Waals surface area contributed by atoms with Gasteiger partial charge in [0.15, 0.2) is 0 Å². The van der Waals surface area contributed by atoms with Crippen LogP contribution in [0.2, 0.25) is 0 Å². The van der Waals surface area contributed by atoms with Gasteiger partial charge in [-0.05, 0) is 93.5 Å². The number of anilines is 2. The zero-order valence-corrected chi connectivity index (χ0v) is 19.5. The second kappa shape index (κ2) is 7.20. The average Bonchev–Trinajstić information content (AvgIpc) is 2.80. The number of carbonyl (C=O) groups is 1. The van der Waals surface area contributed by atoms with Crippen LogP contribution in [0.5, 0.6) is 0 Å². The maximum atomic E-state index is 14.2. The molecule has 6 saturated carbocycles. The van der Waals surface area contributed by atoms with Crippen molar-refractivity contribution in [1.82, 2.24) is 4.98 Å². The Morgan fingerprint density at radius 2 is 1.66 bits per heavy atom. The number of pyridine rings is 1. The van der Waals surface area contributed by atoms with Crippen LogP contribution in [0.3, 0.4) is 0 Å². The van der Waals surface area contributed by atoms with Gasteiger partial charge in [0.05, 0.1) is 11.0 Å². The van der Waals surface area contributed by atoms with Gasteiger partial charge in [0.1, 0.15) is 5.67 Å². The highest BCUT2D eigenvalue weighted by Gasteiger charge is 2.73. The van der Waals surface area contributed by atoms with Gasteiger partial charge < -0.3 is 10.6 Å². The standard InChI is InChI=1S/C27H29F4N3O/c28-26-14-25(15-26,16-26)22(35)34(20-3-1-2-19(32)12-20)17-23-6-9-24(10-7-23,11-8-23)21-5-4-18(13-33-21)27(29,30)31/h1-5,12-13H,6-11,14-17,32H2. The number of rotatable bonds is 5. The van der Waals surface area contributed by atoms with E-state index in [1.54, 1.807) is 12.1 Å². The molecule has 1 heterocycles. The van der Waals surface area contributed by atoms with Crippen molar-refractivity contribution in [3.8, 4) is 0 Å². The molecule has 0 spiro atoms. The normalized spacial score (nSPS) is 35.2. The van der Waals surface area contributed by atoms with Crippen molar-refractivity contribution in [2.24, 2.45) is 10.8 Å². The maximum absolute atomic E-state index is 14.2. The molecular formula is C27H29F4N3O. The SMILES string of the molecule is Nc1cccc(N(CC23CCC(c4ccc(C(F)(F)F)cn4)(CC2)CC3)C(=O)C23CC(F)(C2)C3)c1. The summed E-state index contributed by atoms with van der Waals surface area (Å²) < 4.78 is 53.2. The fraction of sp³-hybridized carbons (Fsp3) is 0.556. The summed E-state index contributed by atoms with van der Waals surface area (Å²) in [5.41, 5.74) is 5.39. The van der Waals surface area contributed by atoms with Gasteiger partial charge in [-0.15, -0.1) is 0 Å². The fourth-order valence-corrected chi connectivity index (χ4v) is 7.25. The number of halogens is 4. The van der Waals surface area contributed by atoms with Gasteiger partial charge >= 0.3 is 6.18 Å². The lowest BCUT2D eigenvalue weighted by Crippen LogP contribution is -2.71. The predicted molar refractivity (Wildman–Crippen MR) is 124 cm³/mol. The van der Waals surface area contributed by atoms with Crippen LogP contribution in [0.4, 0.5) is 28.9 Å². The molecule has 1 amide bonds. The molecule has 4 bridgehead atoms. The van der Waals surface area contributed by atoms with E-state index in [1.165, 1.54) is 0 Å². The molecule has 0 saturated heterocycles. The van der Waals surface area contributed by atoms with Crippen molar-refractivity contribution in [2.45, 2.75) is 75.0 Å². The first-order chi connectivity index (χ1) is 16.5. The number of amides is 1. The average molecular weight is 488 g/mol. The Kier molecular flexibility index (Phi) is 4.69. The minimum atomic E-state index is -4.39. The van der Waals surface area contributed by atoms with Gasteiger partial charge in [-0.25, -0.2) is 4.39 Å². The van der Waals surface area contributed by atoms with E-state index >= 15 is 0 Å². The molecule has 8 rings (SSSR count). The summed E-state index contributed by atoms with van der Waals surface area (Å²) in [6.07, 6.45) is 2.63. The van der Waals surface area contributed by atoms with Crippen LogP contribution in [0.25, 0.3) is 0 Å². The van der Waals surface area contributed by atoms with Crippen LogP contribution in [0.15, 0.2) is 42.6 Å². The molecule has 0 radical (unpaired) electrons. The number of alkyl halides is 4. The van der Waals surface area contributed by atoms with Gasteiger partial charge in [0.25, 0.3) is 0 Å². The Labute approximate surface area is 201 Å². The monoisotopic (exact) mass is 487 g/mol. The van der Waals surface area contributed by atoms with E-state index in [0.29, 0.717) is 31.5 Å². The van der Waals surface area contributed by atoms with Crippen molar-refractivity contribution in [2.75, 3.05) is 17.2 Å². The molecule has 1 aromatic heterocycles. The maximum Gasteiger partial charge on any atom is 0.417 e. The number of nitrogens with zero attached hydrogens (tertiary/aromatic N) is 2. The van der Waals surface area contributed by atoms with Crippen LogP contribution in [0.1, 0.15) is 69.0 Å². The zero-order valence-electron chi connectivity index (χ0n) is 19.5. The van der Waals surface area contributed by atoms with Crippen LogP contribution in [-0.2, 0) is 16.4 Å². The van der Waals surface area contributed by atoms with Crippen LogP contribution in [0, 0.1) is 10.8 Å². The molecule has 6 fully saturated rings. The lowest BCUT2D eigenvalue weighted by molar-refractivity contribution is -0.211. The number of hydrogen-bond acceptors (Lipinski definition) is 3. The lowest BCUT2D eigenvalue weighted by atomic mass is 9.41. The third kappa shape index (κ3) is 3.54. The molecule has 8 heteroatoms. The third-order valence-electron chi connectivity index (χ3n) is 9.38. The van der Waals surface area contributed by atoms with E-state index in [0.717, 1.165) is 62.2 Å². The third-order valence-corrected chi connectivity index (χ3v) is 9.38. The highest BCUT2D eigenvalue weighted by Crippen LogP contribution is 2.70. The summed E-state index contributed by atoms with van der Waals surface area (Å²) in [5.74, 6) is 0.00353. The molecule has 1 aromatic carbocycles. The Morgan fingerprint density at radius 1 is 1.00 bits per heavy atom. The number of hydrogen-bond donors (Lipinski definition) is 1. The van der Waals surface area contributed by atoms with Crippen molar-refractivity contribution in [1.29, 1.82) is 0 Å².